The summed E-state index contributed by atoms with van der Waals surface area (Å²) in [6.45, 7) is 9.19. The molecule has 1 saturated heterocycles. The summed E-state index contributed by atoms with van der Waals surface area (Å²) in [7, 11) is 6.22. The Morgan fingerprint density at radius 1 is 0.805 bits per heavy atom. The number of hydrogen-bond acceptors (Lipinski definition) is 19. The van der Waals surface area contributed by atoms with Gasteiger partial charge in [-0.25, -0.2) is 24.0 Å². The smallest absolute Gasteiger partial charge is 0.344 e. The Labute approximate surface area is 441 Å². The minimum atomic E-state index is -2.27. The summed E-state index contributed by atoms with van der Waals surface area (Å²) in [5, 5.41) is 79.4. The first-order valence-corrected chi connectivity index (χ1v) is 24.9. The zero-order valence-corrected chi connectivity index (χ0v) is 43.5. The third-order valence-corrected chi connectivity index (χ3v) is 16.4. The van der Waals surface area contributed by atoms with Gasteiger partial charge in [-0.15, -0.1) is 0 Å². The van der Waals surface area contributed by atoms with Gasteiger partial charge in [0.1, 0.15) is 11.2 Å². The number of methoxy groups -OCH3 is 3. The van der Waals surface area contributed by atoms with Gasteiger partial charge in [-0.3, -0.25) is 19.4 Å². The number of ether oxygens (including phenoxy) is 4. The molecule has 2 aromatic carbocycles. The number of rotatable bonds is 13. The van der Waals surface area contributed by atoms with Crippen molar-refractivity contribution in [2.24, 2.45) is 11.3 Å². The van der Waals surface area contributed by atoms with Gasteiger partial charge >= 0.3 is 41.8 Å². The molecule has 13 unspecified atom stereocenters. The Bertz CT molecular complexity index is 2830. The van der Waals surface area contributed by atoms with Gasteiger partial charge in [-0.2, -0.15) is 0 Å². The lowest BCUT2D eigenvalue weighted by Gasteiger charge is -2.63. The fourth-order valence-corrected chi connectivity index (χ4v) is 13.4. The topological polar surface area (TPSA) is 364 Å². The molecule has 6 aliphatic rings. The minimum Gasteiger partial charge on any atom is -0.496 e. The lowest BCUT2D eigenvalue weighted by Crippen LogP contribution is -2.81. The fraction of sp³-hybridized carbons (Fsp3) is 0.528. The van der Waals surface area contributed by atoms with E-state index in [2.05, 4.69) is 58.1 Å². The van der Waals surface area contributed by atoms with Gasteiger partial charge in [-0.05, 0) is 61.4 Å². The lowest BCUT2D eigenvalue weighted by atomic mass is 9.47. The van der Waals surface area contributed by atoms with Crippen LogP contribution in [0.5, 0.6) is 5.75 Å². The number of carbonyl (C=O) groups is 7. The number of aliphatic hydroxyl groups excluding tert-OH is 4. The Balaban J connectivity index is 0.000000365. The molecule has 9 rings (SSSR count). The molecule has 6 heterocycles. The molecule has 1 aromatic heterocycles. The summed E-state index contributed by atoms with van der Waals surface area (Å²) in [6.07, 6.45) is -1.39. The Hall–Kier alpha value is -6.93. The molecule has 24 heteroatoms. The highest BCUT2D eigenvalue weighted by Crippen LogP contribution is 2.68. The standard InChI is InChI=1S/C45H54N4O8.2C4H6O6/c1-8-27-19-28-22-44(40(51)55-6,36-30(25-48(23-27)24-28)29-13-10-11-14-33(29)46-36)32-20-31-34(21-35(32)54-5)47(4)38-43(31)16-18-49-17-12-15-42(9-2,37(43)49)39(57-26(3)50)45(38,53)41(52)56-7;2*5-1(3(7)8)2(6)4(9)10/h10-15,19-21,28,37-39,46,53H,8-9,16-18,22-25H2,1-7H3;2*1-2,5-6H,(H,7,8)(H,9,10). The Morgan fingerprint density at radius 2 is 1.40 bits per heavy atom. The summed E-state index contributed by atoms with van der Waals surface area (Å²) >= 11 is 0. The van der Waals surface area contributed by atoms with Crippen LogP contribution in [0, 0.1) is 11.3 Å². The Kier molecular flexibility index (Phi) is 16.4. The summed E-state index contributed by atoms with van der Waals surface area (Å²) in [5.74, 6) is -8.39. The monoisotopic (exact) mass is 1080 g/mol. The number of hydrogen-bond donors (Lipinski definition) is 10. The van der Waals surface area contributed by atoms with E-state index in [1.807, 2.05) is 37.1 Å². The number of nitrogens with zero attached hydrogens (tertiary/aromatic N) is 3. The number of benzene rings is 2. The molecule has 1 saturated carbocycles. The van der Waals surface area contributed by atoms with E-state index in [1.54, 1.807) is 7.11 Å². The first-order valence-electron chi connectivity index (χ1n) is 24.9. The molecule has 2 bridgehead atoms. The normalized spacial score (nSPS) is 29.9. The summed E-state index contributed by atoms with van der Waals surface area (Å²) < 4.78 is 23.9. The van der Waals surface area contributed by atoms with Crippen LogP contribution in [0.4, 0.5) is 5.69 Å². The van der Waals surface area contributed by atoms with Crippen LogP contribution in [0.3, 0.4) is 0 Å². The summed E-state index contributed by atoms with van der Waals surface area (Å²) in [5.41, 5.74) is 1.05. The van der Waals surface area contributed by atoms with Gasteiger partial charge in [-0.1, -0.05) is 55.8 Å². The van der Waals surface area contributed by atoms with Gasteiger partial charge in [0.2, 0.25) is 5.60 Å². The van der Waals surface area contributed by atoms with Crippen LogP contribution >= 0.6 is 0 Å². The number of para-hydroxylation sites is 1. The van der Waals surface area contributed by atoms with Crippen molar-refractivity contribution in [1.29, 1.82) is 0 Å². The average molecular weight is 1080 g/mol. The van der Waals surface area contributed by atoms with Crippen LogP contribution in [-0.4, -0.2) is 205 Å². The molecule has 1 spiro atoms. The van der Waals surface area contributed by atoms with Crippen LogP contribution in [-0.2, 0) is 65.1 Å². The number of nitrogens with one attached hydrogen (secondary N) is 1. The van der Waals surface area contributed by atoms with E-state index in [1.165, 1.54) is 26.7 Å². The van der Waals surface area contributed by atoms with Crippen LogP contribution in [0.1, 0.15) is 68.8 Å². The number of carboxylic acids is 4. The molecule has 1 aliphatic carbocycles. The number of carbonyl (C=O) groups excluding carboxylic acids is 3. The van der Waals surface area contributed by atoms with Gasteiger partial charge in [0.05, 0.1) is 27.4 Å². The number of aliphatic hydroxyl groups is 5. The maximum atomic E-state index is 15.2. The number of carboxylic acid groups (broad SMARTS) is 4. The first kappa shape index (κ1) is 57.8. The van der Waals surface area contributed by atoms with E-state index < -0.39 is 94.2 Å². The molecule has 0 radical (unpaired) electrons. The lowest BCUT2D eigenvalue weighted by molar-refractivity contribution is -0.228. The number of aliphatic carboxylic acids is 4. The zero-order valence-electron chi connectivity index (χ0n) is 43.5. The van der Waals surface area contributed by atoms with E-state index in [-0.39, 0.29) is 17.9 Å². The van der Waals surface area contributed by atoms with Gasteiger partial charge in [0.25, 0.3) is 0 Å². The molecule has 77 heavy (non-hydrogen) atoms. The Morgan fingerprint density at radius 3 is 1.94 bits per heavy atom. The number of fused-ring (bicyclic) bond motifs is 6. The molecule has 2 fully saturated rings. The number of likely N-dealkylation sites (N-methyl/N-ethyl adjacent to an activating group) is 1. The number of esters is 3. The highest BCUT2D eigenvalue weighted by molar-refractivity contribution is 5.95. The van der Waals surface area contributed by atoms with Crippen molar-refractivity contribution >= 4 is 58.4 Å². The molecule has 10 N–H and O–H groups in total. The molecular formula is C53H66N4O20. The SMILES string of the molecule is CCC1=CC2CN(C1)Cc1c([nH]c3ccccc13)C(C(=O)OC)(c1cc3c(cc1OC)N(C)C1C(O)(C(=O)OC)C(OC(C)=O)C4(CC)C=CCN5CCC31C54)C2.O=C(O)C(O)C(O)C(=O)O.O=C(O)C(O)C(O)C(=O)O. The van der Waals surface area contributed by atoms with Gasteiger partial charge in [0.15, 0.2) is 30.5 Å². The third-order valence-electron chi connectivity index (χ3n) is 16.4. The van der Waals surface area contributed by atoms with Crippen molar-refractivity contribution in [2.75, 3.05) is 59.5 Å². The van der Waals surface area contributed by atoms with Crippen molar-refractivity contribution < 1.29 is 98.5 Å². The largest absolute Gasteiger partial charge is 0.496 e. The third kappa shape index (κ3) is 9.27. The molecule has 0 amide bonds. The number of aromatic nitrogens is 1. The van der Waals surface area contributed by atoms with Crippen LogP contribution in [0.2, 0.25) is 0 Å². The first-order chi connectivity index (χ1) is 36.3. The van der Waals surface area contributed by atoms with E-state index in [9.17, 15) is 33.9 Å². The van der Waals surface area contributed by atoms with E-state index in [0.717, 1.165) is 52.9 Å². The summed E-state index contributed by atoms with van der Waals surface area (Å²) in [6, 6.07) is 11.2. The maximum absolute atomic E-state index is 15.2. The molecule has 24 nitrogen and oxygen atoms in total. The number of H-pyrrole nitrogens is 1. The van der Waals surface area contributed by atoms with Crippen LogP contribution in [0.25, 0.3) is 10.9 Å². The average Bonchev–Trinajstić information content (AvgIpc) is 4.06. The van der Waals surface area contributed by atoms with Crippen molar-refractivity contribution in [1.82, 2.24) is 14.8 Å². The molecule has 5 aliphatic heterocycles. The van der Waals surface area contributed by atoms with Crippen molar-refractivity contribution in [3.8, 4) is 5.75 Å². The maximum Gasteiger partial charge on any atom is 0.344 e. The second-order valence-electron chi connectivity index (χ2n) is 20.3. The van der Waals surface area contributed by atoms with Gasteiger partial charge in [0, 0.05) is 90.9 Å². The molecular weight excluding hydrogens is 1010 g/mol. The van der Waals surface area contributed by atoms with Crippen LogP contribution in [0.15, 0.2) is 60.2 Å². The molecule has 418 valence electrons. The van der Waals surface area contributed by atoms with E-state index in [0.29, 0.717) is 50.2 Å². The number of aromatic amines is 1. The highest BCUT2D eigenvalue weighted by Gasteiger charge is 2.80. The predicted molar refractivity (Wildman–Crippen MR) is 269 cm³/mol. The van der Waals surface area contributed by atoms with E-state index in [4.69, 9.17) is 59.8 Å². The van der Waals surface area contributed by atoms with E-state index >= 15 is 4.79 Å². The fourth-order valence-electron chi connectivity index (χ4n) is 13.4. The second-order valence-corrected chi connectivity index (χ2v) is 20.3. The highest BCUT2D eigenvalue weighted by atomic mass is 16.6. The second kappa shape index (κ2) is 21.8. The predicted octanol–water partition coefficient (Wildman–Crippen LogP) is 0.508. The van der Waals surface area contributed by atoms with Gasteiger partial charge < -0.3 is 74.8 Å². The molecule has 13 atom stereocenters. The zero-order chi connectivity index (χ0) is 56.9. The molecule has 3 aromatic rings. The minimum absolute atomic E-state index is 0.0284. The number of anilines is 1. The van der Waals surface area contributed by atoms with Crippen molar-refractivity contribution in [3.63, 3.8) is 0 Å². The van der Waals surface area contributed by atoms with Crippen molar-refractivity contribution in [3.05, 3.63) is 82.6 Å². The quantitative estimate of drug-likeness (QED) is 0.0633. The van der Waals surface area contributed by atoms with Crippen molar-refractivity contribution in [2.45, 2.75) is 112 Å². The summed E-state index contributed by atoms with van der Waals surface area (Å²) in [4.78, 5) is 92.2. The van der Waals surface area contributed by atoms with Crippen LogP contribution < -0.4 is 9.64 Å².